The van der Waals surface area contributed by atoms with Crippen LogP contribution in [0.15, 0.2) is 36.8 Å². The minimum absolute atomic E-state index is 0.0114. The number of hydrogen-bond donors (Lipinski definition) is 1. The Labute approximate surface area is 168 Å². The molecule has 1 N–H and O–H groups in total. The van der Waals surface area contributed by atoms with E-state index in [9.17, 15) is 4.79 Å². The summed E-state index contributed by atoms with van der Waals surface area (Å²) in [7, 11) is 1.89. The molecule has 0 atom stereocenters. The van der Waals surface area contributed by atoms with E-state index >= 15 is 0 Å². The molecule has 8 nitrogen and oxygen atoms in total. The molecule has 29 heavy (non-hydrogen) atoms. The third-order valence-electron chi connectivity index (χ3n) is 5.90. The highest BCUT2D eigenvalue weighted by Gasteiger charge is 2.38. The number of hydrogen-bond acceptors (Lipinski definition) is 6. The first-order chi connectivity index (χ1) is 14.2. The zero-order valence-corrected chi connectivity index (χ0v) is 16.4. The lowest BCUT2D eigenvalue weighted by atomic mass is 9.78. The number of carbonyl (C=O) groups is 1. The maximum atomic E-state index is 12.6. The highest BCUT2D eigenvalue weighted by Crippen LogP contribution is 2.33. The van der Waals surface area contributed by atoms with Gasteiger partial charge in [0.05, 0.1) is 24.9 Å². The average molecular weight is 392 g/mol. The van der Waals surface area contributed by atoms with Crippen LogP contribution in [0, 0.1) is 5.92 Å². The van der Waals surface area contributed by atoms with Crippen LogP contribution in [0.2, 0.25) is 0 Å². The Morgan fingerprint density at radius 2 is 2.00 bits per heavy atom. The molecule has 1 aromatic carbocycles. The normalized spacial score (nSPS) is 22.4. The third-order valence-corrected chi connectivity index (χ3v) is 5.90. The number of aryl methyl sites for hydroxylation is 1. The van der Waals surface area contributed by atoms with Crippen molar-refractivity contribution in [1.29, 1.82) is 0 Å². The van der Waals surface area contributed by atoms with Crippen molar-refractivity contribution in [2.45, 2.75) is 18.9 Å². The van der Waals surface area contributed by atoms with Crippen LogP contribution >= 0.6 is 0 Å². The van der Waals surface area contributed by atoms with Gasteiger partial charge in [0, 0.05) is 55.4 Å². The summed E-state index contributed by atoms with van der Waals surface area (Å²) < 4.78 is 7.17. The van der Waals surface area contributed by atoms with Gasteiger partial charge in [0.2, 0.25) is 11.9 Å². The predicted molar refractivity (Wildman–Crippen MR) is 109 cm³/mol. The number of rotatable bonds is 4. The van der Waals surface area contributed by atoms with Crippen molar-refractivity contribution in [3.63, 3.8) is 0 Å². The number of carbonyl (C=O) groups excluding carboxylic acids is 1. The second kappa shape index (κ2) is 7.53. The van der Waals surface area contributed by atoms with Gasteiger partial charge in [-0.15, -0.1) is 0 Å². The molecule has 3 aromatic rings. The standard InChI is InChI=1S/C21H24N6O2/c1-26-13-17(12-23-26)14-2-3-15-11-22-21(24-19(15)10-14)25-20(28)16-8-18(9-16)27-4-6-29-7-5-27/h2-3,10-13,16,18H,4-9H2,1H3,(H,22,24,25,28)/t16-,18-. The van der Waals surface area contributed by atoms with Gasteiger partial charge in [-0.25, -0.2) is 9.97 Å². The van der Waals surface area contributed by atoms with E-state index in [2.05, 4.69) is 25.3 Å². The summed E-state index contributed by atoms with van der Waals surface area (Å²) in [5.74, 6) is 0.404. The molecule has 2 aliphatic rings. The highest BCUT2D eigenvalue weighted by atomic mass is 16.5. The molecule has 1 saturated heterocycles. The van der Waals surface area contributed by atoms with Crippen molar-refractivity contribution in [3.8, 4) is 11.1 Å². The van der Waals surface area contributed by atoms with Crippen LogP contribution in [0.1, 0.15) is 12.8 Å². The van der Waals surface area contributed by atoms with E-state index in [1.807, 2.05) is 37.6 Å². The number of nitrogens with zero attached hydrogens (tertiary/aromatic N) is 5. The van der Waals surface area contributed by atoms with E-state index in [4.69, 9.17) is 4.74 Å². The number of anilines is 1. The van der Waals surface area contributed by atoms with Gasteiger partial charge in [-0.05, 0) is 24.5 Å². The molecule has 1 aliphatic carbocycles. The predicted octanol–water partition coefficient (Wildman–Crippen LogP) is 2.08. The maximum Gasteiger partial charge on any atom is 0.229 e. The van der Waals surface area contributed by atoms with Crippen LogP contribution in [0.5, 0.6) is 0 Å². The molecule has 1 aliphatic heterocycles. The lowest BCUT2D eigenvalue weighted by Crippen LogP contribution is -2.52. The van der Waals surface area contributed by atoms with Gasteiger partial charge in [-0.3, -0.25) is 19.7 Å². The van der Waals surface area contributed by atoms with Crippen LogP contribution in [-0.4, -0.2) is 62.9 Å². The van der Waals surface area contributed by atoms with Gasteiger partial charge in [0.1, 0.15) is 0 Å². The molecule has 8 heteroatoms. The fourth-order valence-electron chi connectivity index (χ4n) is 4.09. The van der Waals surface area contributed by atoms with E-state index in [0.717, 1.165) is 61.2 Å². The Morgan fingerprint density at radius 3 is 2.76 bits per heavy atom. The van der Waals surface area contributed by atoms with Gasteiger partial charge >= 0.3 is 0 Å². The van der Waals surface area contributed by atoms with Crippen molar-refractivity contribution in [2.24, 2.45) is 13.0 Å². The minimum Gasteiger partial charge on any atom is -0.379 e. The number of fused-ring (bicyclic) bond motifs is 1. The summed E-state index contributed by atoms with van der Waals surface area (Å²) >= 11 is 0. The molecular formula is C21H24N6O2. The Hall–Kier alpha value is -2.84. The molecular weight excluding hydrogens is 368 g/mol. The van der Waals surface area contributed by atoms with Crippen molar-refractivity contribution in [1.82, 2.24) is 24.6 Å². The number of amides is 1. The topological polar surface area (TPSA) is 85.2 Å². The number of morpholine rings is 1. The van der Waals surface area contributed by atoms with Gasteiger partial charge in [0.15, 0.2) is 0 Å². The van der Waals surface area contributed by atoms with E-state index < -0.39 is 0 Å². The van der Waals surface area contributed by atoms with Crippen LogP contribution in [0.3, 0.4) is 0 Å². The molecule has 0 bridgehead atoms. The maximum absolute atomic E-state index is 12.6. The van der Waals surface area contributed by atoms with Gasteiger partial charge in [-0.1, -0.05) is 12.1 Å². The van der Waals surface area contributed by atoms with Crippen molar-refractivity contribution < 1.29 is 9.53 Å². The van der Waals surface area contributed by atoms with Crippen LogP contribution in [0.4, 0.5) is 5.95 Å². The van der Waals surface area contributed by atoms with E-state index in [0.29, 0.717) is 12.0 Å². The lowest BCUT2D eigenvalue weighted by molar-refractivity contribution is -0.125. The second-order valence-corrected chi connectivity index (χ2v) is 7.83. The van der Waals surface area contributed by atoms with Gasteiger partial charge in [-0.2, -0.15) is 5.10 Å². The fraction of sp³-hybridized carbons (Fsp3) is 0.429. The largest absolute Gasteiger partial charge is 0.379 e. The van der Waals surface area contributed by atoms with E-state index in [-0.39, 0.29) is 11.8 Å². The third kappa shape index (κ3) is 3.73. The second-order valence-electron chi connectivity index (χ2n) is 7.83. The van der Waals surface area contributed by atoms with E-state index in [1.165, 1.54) is 0 Å². The van der Waals surface area contributed by atoms with Gasteiger partial charge < -0.3 is 4.74 Å². The molecule has 2 aromatic heterocycles. The van der Waals surface area contributed by atoms with Crippen LogP contribution < -0.4 is 5.32 Å². The zero-order chi connectivity index (χ0) is 19.8. The molecule has 2 fully saturated rings. The zero-order valence-electron chi connectivity index (χ0n) is 16.4. The van der Waals surface area contributed by atoms with Gasteiger partial charge in [0.25, 0.3) is 0 Å². The number of ether oxygens (including phenoxy) is 1. The molecule has 150 valence electrons. The number of nitrogens with one attached hydrogen (secondary N) is 1. The lowest BCUT2D eigenvalue weighted by Gasteiger charge is -2.43. The first-order valence-corrected chi connectivity index (χ1v) is 10.0. The first kappa shape index (κ1) is 18.2. The summed E-state index contributed by atoms with van der Waals surface area (Å²) in [6, 6.07) is 6.51. The molecule has 0 spiro atoms. The molecule has 3 heterocycles. The minimum atomic E-state index is 0.0114. The Morgan fingerprint density at radius 1 is 1.17 bits per heavy atom. The smallest absolute Gasteiger partial charge is 0.229 e. The Kier molecular flexibility index (Phi) is 4.73. The summed E-state index contributed by atoms with van der Waals surface area (Å²) in [6.07, 6.45) is 7.33. The fourth-order valence-corrected chi connectivity index (χ4v) is 4.09. The number of benzene rings is 1. The van der Waals surface area contributed by atoms with Crippen molar-refractivity contribution in [3.05, 3.63) is 36.8 Å². The van der Waals surface area contributed by atoms with Crippen molar-refractivity contribution in [2.75, 3.05) is 31.6 Å². The summed E-state index contributed by atoms with van der Waals surface area (Å²) in [5, 5.41) is 8.06. The quantitative estimate of drug-likeness (QED) is 0.732. The van der Waals surface area contributed by atoms with E-state index in [1.54, 1.807) is 10.9 Å². The molecule has 1 amide bonds. The number of aromatic nitrogens is 4. The average Bonchev–Trinajstić information content (AvgIpc) is 3.13. The Balaban J connectivity index is 1.26. The highest BCUT2D eigenvalue weighted by molar-refractivity contribution is 5.93. The monoisotopic (exact) mass is 392 g/mol. The molecule has 5 rings (SSSR count). The SMILES string of the molecule is Cn1cc(-c2ccc3cnc(NC(=O)[C@H]4C[C@H](N5CCOCC5)C4)nc3c2)cn1. The first-order valence-electron chi connectivity index (χ1n) is 10.0. The molecule has 1 saturated carbocycles. The Bertz CT molecular complexity index is 1040. The van der Waals surface area contributed by atoms with Crippen molar-refractivity contribution >= 4 is 22.8 Å². The van der Waals surface area contributed by atoms with Crippen LogP contribution in [0.25, 0.3) is 22.0 Å². The van der Waals surface area contributed by atoms with Crippen LogP contribution in [-0.2, 0) is 16.6 Å². The molecule has 0 radical (unpaired) electrons. The summed E-state index contributed by atoms with van der Waals surface area (Å²) in [4.78, 5) is 23.9. The molecule has 0 unspecified atom stereocenters. The summed E-state index contributed by atoms with van der Waals surface area (Å²) in [5.41, 5.74) is 2.87. The summed E-state index contributed by atoms with van der Waals surface area (Å²) in [6.45, 7) is 3.51.